The fraction of sp³-hybridized carbons (Fsp3) is 0.515. The number of halogens is 1. The number of ether oxygens (including phenoxy) is 1. The standard InChI is InChI=1S/C33H42FN3O2/c1-24-19-29(15-16-32(24)39-2)26-13-11-25(12-14-26)22-37(33(38)27-7-4-3-5-8-27)31-10-6-9-28(20-31)30-21-35-36(23-30)18-17-34/h6,9-10,15-16,19-21,23,25-27H,3-5,7-8,11-14,17-18,22H2,1-2H3/t25-,26-. The van der Waals surface area contributed by atoms with Crippen LogP contribution in [0.1, 0.15) is 74.8 Å². The Balaban J connectivity index is 1.32. The van der Waals surface area contributed by atoms with Crippen LogP contribution in [0, 0.1) is 18.8 Å². The highest BCUT2D eigenvalue weighted by Gasteiger charge is 2.31. The van der Waals surface area contributed by atoms with Gasteiger partial charge in [0.15, 0.2) is 0 Å². The lowest BCUT2D eigenvalue weighted by Gasteiger charge is -2.35. The zero-order valence-corrected chi connectivity index (χ0v) is 23.4. The number of amides is 1. The highest BCUT2D eigenvalue weighted by Crippen LogP contribution is 2.39. The van der Waals surface area contributed by atoms with E-state index in [0.29, 0.717) is 11.8 Å². The van der Waals surface area contributed by atoms with Crippen LogP contribution >= 0.6 is 0 Å². The normalized spacial score (nSPS) is 20.1. The van der Waals surface area contributed by atoms with Gasteiger partial charge in [0.2, 0.25) is 5.91 Å². The predicted molar refractivity (Wildman–Crippen MR) is 155 cm³/mol. The lowest BCUT2D eigenvalue weighted by atomic mass is 9.78. The van der Waals surface area contributed by atoms with Gasteiger partial charge in [-0.1, -0.05) is 43.5 Å². The molecule has 0 aliphatic heterocycles. The van der Waals surface area contributed by atoms with Crippen LogP contribution in [-0.2, 0) is 11.3 Å². The molecule has 39 heavy (non-hydrogen) atoms. The first-order valence-corrected chi connectivity index (χ1v) is 14.7. The van der Waals surface area contributed by atoms with Crippen LogP contribution in [0.4, 0.5) is 10.1 Å². The number of aromatic nitrogens is 2. The number of hydrogen-bond donors (Lipinski definition) is 0. The summed E-state index contributed by atoms with van der Waals surface area (Å²) in [5, 5.41) is 4.30. The summed E-state index contributed by atoms with van der Waals surface area (Å²) in [5.41, 5.74) is 5.52. The second kappa shape index (κ2) is 12.8. The fourth-order valence-corrected chi connectivity index (χ4v) is 6.56. The topological polar surface area (TPSA) is 47.4 Å². The van der Waals surface area contributed by atoms with Crippen molar-refractivity contribution in [3.63, 3.8) is 0 Å². The molecule has 1 aromatic heterocycles. The lowest BCUT2D eigenvalue weighted by molar-refractivity contribution is -0.123. The molecule has 0 spiro atoms. The van der Waals surface area contributed by atoms with Gasteiger partial charge in [-0.3, -0.25) is 9.48 Å². The molecule has 5 rings (SSSR count). The maximum Gasteiger partial charge on any atom is 0.230 e. The van der Waals surface area contributed by atoms with Crippen molar-refractivity contribution < 1.29 is 13.9 Å². The van der Waals surface area contributed by atoms with Gasteiger partial charge in [0, 0.05) is 29.9 Å². The van der Waals surface area contributed by atoms with Crippen molar-refractivity contribution in [2.45, 2.75) is 77.2 Å². The number of carbonyl (C=O) groups is 1. The zero-order valence-electron chi connectivity index (χ0n) is 23.4. The van der Waals surface area contributed by atoms with Crippen molar-refractivity contribution in [2.75, 3.05) is 25.2 Å². The second-order valence-electron chi connectivity index (χ2n) is 11.5. The van der Waals surface area contributed by atoms with E-state index >= 15 is 0 Å². The minimum atomic E-state index is -0.439. The van der Waals surface area contributed by atoms with E-state index in [0.717, 1.165) is 80.5 Å². The lowest BCUT2D eigenvalue weighted by Crippen LogP contribution is -2.41. The number of carbonyl (C=O) groups excluding carboxylic acids is 1. The number of hydrogen-bond acceptors (Lipinski definition) is 3. The summed E-state index contributed by atoms with van der Waals surface area (Å²) in [5.74, 6) is 2.41. The predicted octanol–water partition coefficient (Wildman–Crippen LogP) is 7.72. The van der Waals surface area contributed by atoms with Crippen molar-refractivity contribution in [1.82, 2.24) is 9.78 Å². The Morgan fingerprint density at radius 3 is 2.54 bits per heavy atom. The minimum absolute atomic E-state index is 0.119. The molecule has 3 aromatic rings. The molecule has 1 heterocycles. The summed E-state index contributed by atoms with van der Waals surface area (Å²) in [7, 11) is 1.73. The van der Waals surface area contributed by atoms with Crippen molar-refractivity contribution in [1.29, 1.82) is 0 Å². The summed E-state index contributed by atoms with van der Waals surface area (Å²) in [6, 6.07) is 14.9. The first-order chi connectivity index (χ1) is 19.1. The molecule has 2 aromatic carbocycles. The molecule has 5 nitrogen and oxygen atoms in total. The van der Waals surface area contributed by atoms with E-state index in [1.54, 1.807) is 18.0 Å². The highest BCUT2D eigenvalue weighted by atomic mass is 19.1. The van der Waals surface area contributed by atoms with Gasteiger partial charge in [-0.15, -0.1) is 0 Å². The Kier molecular flexibility index (Phi) is 9.00. The molecule has 0 saturated heterocycles. The van der Waals surface area contributed by atoms with Gasteiger partial charge in [-0.25, -0.2) is 4.39 Å². The number of benzene rings is 2. The van der Waals surface area contributed by atoms with Crippen molar-refractivity contribution in [2.24, 2.45) is 11.8 Å². The SMILES string of the molecule is COc1ccc([C@H]2CC[C@H](CN(C(=O)C3CCCCC3)c3cccc(-c4cnn(CCF)c4)c3)CC2)cc1C. The van der Waals surface area contributed by atoms with Crippen LogP contribution in [-0.4, -0.2) is 36.0 Å². The first kappa shape index (κ1) is 27.4. The fourth-order valence-electron chi connectivity index (χ4n) is 6.56. The molecule has 2 aliphatic rings. The van der Waals surface area contributed by atoms with Crippen LogP contribution in [0.5, 0.6) is 5.75 Å². The zero-order chi connectivity index (χ0) is 27.2. The highest BCUT2D eigenvalue weighted by molar-refractivity contribution is 5.95. The van der Waals surface area contributed by atoms with Gasteiger partial charge in [0.05, 0.1) is 19.9 Å². The van der Waals surface area contributed by atoms with E-state index in [1.165, 1.54) is 17.5 Å². The molecule has 0 bridgehead atoms. The number of methoxy groups -OCH3 is 1. The van der Waals surface area contributed by atoms with Crippen LogP contribution in [0.15, 0.2) is 54.9 Å². The third-order valence-corrected chi connectivity index (χ3v) is 8.84. The summed E-state index contributed by atoms with van der Waals surface area (Å²) in [4.78, 5) is 16.0. The third kappa shape index (κ3) is 6.54. The molecule has 208 valence electrons. The molecule has 6 heteroatoms. The molecule has 2 fully saturated rings. The molecule has 2 saturated carbocycles. The van der Waals surface area contributed by atoms with Crippen molar-refractivity contribution >= 4 is 11.6 Å². The molecule has 0 unspecified atom stereocenters. The average Bonchev–Trinajstić information content (AvgIpc) is 3.45. The van der Waals surface area contributed by atoms with Crippen molar-refractivity contribution in [3.8, 4) is 16.9 Å². The van der Waals surface area contributed by atoms with E-state index in [4.69, 9.17) is 4.74 Å². The van der Waals surface area contributed by atoms with Gasteiger partial charge < -0.3 is 9.64 Å². The monoisotopic (exact) mass is 531 g/mol. The van der Waals surface area contributed by atoms with Crippen LogP contribution in [0.2, 0.25) is 0 Å². The van der Waals surface area contributed by atoms with Gasteiger partial charge in [-0.05, 0) is 92.2 Å². The van der Waals surface area contributed by atoms with Gasteiger partial charge in [0.1, 0.15) is 12.4 Å². The average molecular weight is 532 g/mol. The van der Waals surface area contributed by atoms with Crippen molar-refractivity contribution in [3.05, 3.63) is 66.0 Å². The first-order valence-electron chi connectivity index (χ1n) is 14.7. The number of nitrogens with zero attached hydrogens (tertiary/aromatic N) is 3. The van der Waals surface area contributed by atoms with E-state index in [-0.39, 0.29) is 18.4 Å². The van der Waals surface area contributed by atoms with Gasteiger partial charge in [-0.2, -0.15) is 5.10 Å². The van der Waals surface area contributed by atoms with Crippen LogP contribution in [0.25, 0.3) is 11.1 Å². The van der Waals surface area contributed by atoms with Gasteiger partial charge in [0.25, 0.3) is 0 Å². The van der Waals surface area contributed by atoms with Crippen LogP contribution in [0.3, 0.4) is 0 Å². The van der Waals surface area contributed by atoms with E-state index in [2.05, 4.69) is 47.3 Å². The molecule has 1 amide bonds. The summed E-state index contributed by atoms with van der Waals surface area (Å²) in [6.07, 6.45) is 13.7. The minimum Gasteiger partial charge on any atom is -0.496 e. The Morgan fingerprint density at radius 1 is 1.03 bits per heavy atom. The van der Waals surface area contributed by atoms with E-state index < -0.39 is 6.67 Å². The molecule has 0 N–H and O–H groups in total. The van der Waals surface area contributed by atoms with Gasteiger partial charge >= 0.3 is 0 Å². The maximum atomic E-state index is 13.9. The summed E-state index contributed by atoms with van der Waals surface area (Å²) in [6.45, 7) is 2.70. The smallest absolute Gasteiger partial charge is 0.230 e. The van der Waals surface area contributed by atoms with Crippen LogP contribution < -0.4 is 9.64 Å². The number of rotatable bonds is 9. The number of alkyl halides is 1. The second-order valence-corrected chi connectivity index (χ2v) is 11.5. The molecular formula is C33H42FN3O2. The molecular weight excluding hydrogens is 489 g/mol. The summed E-state index contributed by atoms with van der Waals surface area (Å²) >= 11 is 0. The molecule has 0 atom stereocenters. The Morgan fingerprint density at radius 2 is 1.82 bits per heavy atom. The maximum absolute atomic E-state index is 13.9. The number of anilines is 1. The Bertz CT molecular complexity index is 1240. The summed E-state index contributed by atoms with van der Waals surface area (Å²) < 4.78 is 19.9. The Labute approximate surface area is 232 Å². The largest absolute Gasteiger partial charge is 0.496 e. The Hall–Kier alpha value is -3.15. The number of aryl methyl sites for hydroxylation is 2. The molecule has 2 aliphatic carbocycles. The third-order valence-electron chi connectivity index (χ3n) is 8.84. The van der Waals surface area contributed by atoms with E-state index in [1.807, 2.05) is 18.3 Å². The van der Waals surface area contributed by atoms with E-state index in [9.17, 15) is 9.18 Å². The quantitative estimate of drug-likeness (QED) is 0.284. The molecule has 0 radical (unpaired) electrons.